The third-order valence-corrected chi connectivity index (χ3v) is 9.63. The van der Waals surface area contributed by atoms with Crippen molar-refractivity contribution in [1.29, 1.82) is 0 Å². The Morgan fingerprint density at radius 1 is 1.11 bits per heavy atom. The molecule has 2 fully saturated rings. The molecule has 250 valence electrons. The van der Waals surface area contributed by atoms with E-state index < -0.39 is 17.6 Å². The molecule has 0 saturated carbocycles. The predicted molar refractivity (Wildman–Crippen MR) is 171 cm³/mol. The Bertz CT molecular complexity index is 1520. The Labute approximate surface area is 274 Å². The average Bonchev–Trinajstić information content (AvgIpc) is 3.40. The molecule has 3 aromatic rings. The van der Waals surface area contributed by atoms with Crippen LogP contribution in [0.25, 0.3) is 11.3 Å². The number of thiazole rings is 1. The van der Waals surface area contributed by atoms with E-state index in [-0.39, 0.29) is 40.7 Å². The van der Waals surface area contributed by atoms with E-state index in [1.807, 2.05) is 11.8 Å². The Balaban J connectivity index is 1.38. The van der Waals surface area contributed by atoms with Gasteiger partial charge in [-0.1, -0.05) is 29.4 Å². The number of hydrogen-bond acceptors (Lipinski definition) is 10. The van der Waals surface area contributed by atoms with Gasteiger partial charge in [-0.15, -0.1) is 0 Å². The number of halogens is 5. The summed E-state index contributed by atoms with van der Waals surface area (Å²) in [6, 6.07) is 3.75. The smallest absolute Gasteiger partial charge is 0.416 e. The van der Waals surface area contributed by atoms with Gasteiger partial charge < -0.3 is 15.0 Å². The number of anilines is 3. The third-order valence-electron chi connectivity index (χ3n) is 8.45. The zero-order valence-electron chi connectivity index (χ0n) is 26.0. The second-order valence-electron chi connectivity index (χ2n) is 11.7. The molecular formula is C31H38ClF4N7O2S. The molecule has 0 aliphatic carbocycles. The van der Waals surface area contributed by atoms with Gasteiger partial charge in [-0.2, -0.15) is 17.6 Å². The summed E-state index contributed by atoms with van der Waals surface area (Å²) in [5.74, 6) is -0.842. The van der Waals surface area contributed by atoms with Crippen molar-refractivity contribution in [2.24, 2.45) is 0 Å². The number of likely N-dealkylation sites (tertiary alicyclic amines) is 1. The molecule has 9 nitrogen and oxygen atoms in total. The van der Waals surface area contributed by atoms with E-state index in [2.05, 4.69) is 37.0 Å². The van der Waals surface area contributed by atoms with Crippen LogP contribution in [0.5, 0.6) is 0 Å². The van der Waals surface area contributed by atoms with Crippen molar-refractivity contribution in [2.45, 2.75) is 71.3 Å². The van der Waals surface area contributed by atoms with Gasteiger partial charge in [-0.3, -0.25) is 14.6 Å². The first-order chi connectivity index (χ1) is 21.9. The van der Waals surface area contributed by atoms with Crippen molar-refractivity contribution >= 4 is 45.7 Å². The van der Waals surface area contributed by atoms with Gasteiger partial charge in [-0.05, 0) is 58.4 Å². The highest BCUT2D eigenvalue weighted by Gasteiger charge is 2.32. The fourth-order valence-corrected chi connectivity index (χ4v) is 7.21. The van der Waals surface area contributed by atoms with Gasteiger partial charge in [0.1, 0.15) is 6.33 Å². The molecule has 2 atom stereocenters. The van der Waals surface area contributed by atoms with Crippen LogP contribution >= 0.6 is 22.9 Å². The number of ether oxygens (including phenoxy) is 1. The van der Waals surface area contributed by atoms with Crippen LogP contribution in [0, 0.1) is 5.82 Å². The summed E-state index contributed by atoms with van der Waals surface area (Å²) in [4.78, 5) is 31.8. The molecule has 1 aromatic carbocycles. The summed E-state index contributed by atoms with van der Waals surface area (Å²) in [6.07, 6.45) is 0.169. The zero-order valence-corrected chi connectivity index (χ0v) is 27.6. The quantitative estimate of drug-likeness (QED) is 0.179. The maximum atomic E-state index is 15.9. The van der Waals surface area contributed by atoms with E-state index in [0.29, 0.717) is 56.2 Å². The lowest BCUT2D eigenvalue weighted by Crippen LogP contribution is -2.52. The first-order valence-corrected chi connectivity index (χ1v) is 16.7. The summed E-state index contributed by atoms with van der Waals surface area (Å²) in [7, 11) is 0. The van der Waals surface area contributed by atoms with Crippen molar-refractivity contribution in [3.05, 3.63) is 45.8 Å². The molecule has 15 heteroatoms. The van der Waals surface area contributed by atoms with E-state index in [1.54, 1.807) is 6.92 Å². The number of benzene rings is 1. The van der Waals surface area contributed by atoms with Gasteiger partial charge in [0.2, 0.25) is 5.82 Å². The molecule has 2 saturated heterocycles. The summed E-state index contributed by atoms with van der Waals surface area (Å²) < 4.78 is 62.0. The third kappa shape index (κ3) is 8.25. The maximum Gasteiger partial charge on any atom is 0.416 e. The highest BCUT2D eigenvalue weighted by molar-refractivity contribution is 7.16. The summed E-state index contributed by atoms with van der Waals surface area (Å²) in [5.41, 5.74) is -0.264. The minimum absolute atomic E-state index is 0.0366. The van der Waals surface area contributed by atoms with Gasteiger partial charge in [0.05, 0.1) is 24.3 Å². The van der Waals surface area contributed by atoms with Crippen molar-refractivity contribution in [3.8, 4) is 11.3 Å². The van der Waals surface area contributed by atoms with Crippen LogP contribution in [0.15, 0.2) is 24.5 Å². The molecule has 2 aliphatic rings. The number of aromatic nitrogens is 3. The molecule has 0 amide bonds. The Morgan fingerprint density at radius 3 is 2.63 bits per heavy atom. The van der Waals surface area contributed by atoms with Crippen LogP contribution in [0.1, 0.15) is 56.9 Å². The minimum Gasteiger partial charge on any atom is -0.466 e. The lowest BCUT2D eigenvalue weighted by atomic mass is 10.0. The predicted octanol–water partition coefficient (Wildman–Crippen LogP) is 6.99. The van der Waals surface area contributed by atoms with Crippen molar-refractivity contribution in [3.63, 3.8) is 0 Å². The molecule has 46 heavy (non-hydrogen) atoms. The van der Waals surface area contributed by atoms with E-state index in [9.17, 15) is 18.0 Å². The highest BCUT2D eigenvalue weighted by Crippen LogP contribution is 2.39. The molecule has 2 aliphatic heterocycles. The Hall–Kier alpha value is -3.07. The number of piperidine rings is 1. The SMILES string of the molecule is CCOC(=O)CCN1CCN(c2ncnc(Nc3nc(-c4cc(Cl)cc(C(F)(F)F)c4)c(CN4CCCC[C@H]4C)s3)c2F)C[C@@H]1C. The standard InChI is InChI=1S/C31H38ClF4N7O2S/c1-4-45-25(44)8-10-41-11-12-43(16-20(41)3)29-26(33)28(37-18-38-29)40-30-39-27(21-13-22(31(34,35)36)15-23(32)14-21)24(46-30)17-42-9-6-5-7-19(42)2/h13-15,18-20H,4-12,16-17H2,1-3H3,(H,37,38,39,40)/t19-,20+/m1/s1. The normalized spacial score (nSPS) is 19.8. The average molecular weight is 684 g/mol. The Morgan fingerprint density at radius 2 is 1.91 bits per heavy atom. The molecule has 2 aromatic heterocycles. The zero-order chi connectivity index (χ0) is 33.0. The monoisotopic (exact) mass is 683 g/mol. The Kier molecular flexibility index (Phi) is 11.0. The van der Waals surface area contributed by atoms with Crippen molar-refractivity contribution < 1.29 is 27.1 Å². The van der Waals surface area contributed by atoms with Gasteiger partial charge >= 0.3 is 12.1 Å². The molecule has 0 bridgehead atoms. The summed E-state index contributed by atoms with van der Waals surface area (Å²) in [5, 5.41) is 3.22. The minimum atomic E-state index is -4.58. The number of nitrogens with zero attached hydrogens (tertiary/aromatic N) is 6. The number of piperazine rings is 1. The maximum absolute atomic E-state index is 15.9. The molecule has 0 spiro atoms. The summed E-state index contributed by atoms with van der Waals surface area (Å²) >= 11 is 7.39. The molecule has 0 radical (unpaired) electrons. The summed E-state index contributed by atoms with van der Waals surface area (Å²) in [6.45, 7) is 9.76. The molecular weight excluding hydrogens is 646 g/mol. The molecule has 0 unspecified atom stereocenters. The van der Waals surface area contributed by atoms with E-state index in [1.165, 1.54) is 23.7 Å². The van der Waals surface area contributed by atoms with Gasteiger partial charge in [0.15, 0.2) is 16.8 Å². The number of nitrogens with one attached hydrogen (secondary N) is 1. The number of carbonyl (C=O) groups excluding carboxylic acids is 1. The van der Waals surface area contributed by atoms with Gasteiger partial charge in [0.25, 0.3) is 0 Å². The number of alkyl halides is 3. The second-order valence-corrected chi connectivity index (χ2v) is 13.2. The molecule has 1 N–H and O–H groups in total. The number of esters is 1. The van der Waals surface area contributed by atoms with Crippen LogP contribution in [0.3, 0.4) is 0 Å². The van der Waals surface area contributed by atoms with Crippen LogP contribution in [-0.2, 0) is 22.3 Å². The first kappa shape index (κ1) is 34.3. The lowest BCUT2D eigenvalue weighted by molar-refractivity contribution is -0.143. The topological polar surface area (TPSA) is 86.7 Å². The fraction of sp³-hybridized carbons (Fsp3) is 0.548. The number of rotatable bonds is 10. The van der Waals surface area contributed by atoms with Gasteiger partial charge in [-0.25, -0.2) is 15.0 Å². The number of hydrogen-bond donors (Lipinski definition) is 1. The lowest BCUT2D eigenvalue weighted by Gasteiger charge is -2.40. The van der Waals surface area contributed by atoms with Crippen molar-refractivity contribution in [2.75, 3.05) is 49.5 Å². The van der Waals surface area contributed by atoms with Gasteiger partial charge in [0, 0.05) is 60.3 Å². The molecule has 5 rings (SSSR count). The first-order valence-electron chi connectivity index (χ1n) is 15.5. The highest BCUT2D eigenvalue weighted by atomic mass is 35.5. The molecule has 4 heterocycles. The second kappa shape index (κ2) is 14.8. The van der Waals surface area contributed by atoms with E-state index in [0.717, 1.165) is 42.8 Å². The van der Waals surface area contributed by atoms with E-state index in [4.69, 9.17) is 16.3 Å². The van der Waals surface area contributed by atoms with Crippen molar-refractivity contribution in [1.82, 2.24) is 24.8 Å². The van der Waals surface area contributed by atoms with Crippen LogP contribution in [-0.4, -0.2) is 82.1 Å². The van der Waals surface area contributed by atoms with Crippen LogP contribution in [0.4, 0.5) is 34.3 Å². The van der Waals surface area contributed by atoms with Crippen LogP contribution < -0.4 is 10.2 Å². The number of carbonyl (C=O) groups is 1. The van der Waals surface area contributed by atoms with E-state index >= 15 is 4.39 Å². The van der Waals surface area contributed by atoms with Crippen LogP contribution in [0.2, 0.25) is 5.02 Å². The largest absolute Gasteiger partial charge is 0.466 e. The fourth-order valence-electron chi connectivity index (χ4n) is 5.96.